The summed E-state index contributed by atoms with van der Waals surface area (Å²) >= 11 is 7.03. The number of benzene rings is 1. The Morgan fingerprint density at radius 3 is 2.56 bits per heavy atom. The number of amides is 1. The summed E-state index contributed by atoms with van der Waals surface area (Å²) in [5.41, 5.74) is 5.53. The molecule has 45 heavy (non-hydrogen) atoms. The van der Waals surface area contributed by atoms with E-state index >= 15 is 0 Å². The van der Waals surface area contributed by atoms with E-state index < -0.39 is 11.6 Å². The van der Waals surface area contributed by atoms with Crippen molar-refractivity contribution in [2.45, 2.75) is 78.7 Å². The van der Waals surface area contributed by atoms with E-state index in [-0.39, 0.29) is 24.6 Å². The van der Waals surface area contributed by atoms with E-state index in [1.807, 2.05) is 44.6 Å². The quantitative estimate of drug-likeness (QED) is 0.317. The van der Waals surface area contributed by atoms with Crippen LogP contribution in [0, 0.1) is 6.92 Å². The Morgan fingerprint density at radius 1 is 1.09 bits per heavy atom. The third-order valence-corrected chi connectivity index (χ3v) is 9.13. The Balaban J connectivity index is 1.31. The molecule has 0 bridgehead atoms. The Bertz CT molecular complexity index is 1590. The highest BCUT2D eigenvalue weighted by molar-refractivity contribution is 6.35. The van der Waals surface area contributed by atoms with E-state index in [1.165, 1.54) is 0 Å². The third-order valence-electron chi connectivity index (χ3n) is 8.66. The monoisotopic (exact) mass is 638 g/mol. The average molecular weight is 639 g/mol. The maximum Gasteiger partial charge on any atom is 0.410 e. The number of hydrogen-bond donors (Lipinski definition) is 0. The number of halogens is 1. The molecule has 5 heterocycles. The number of ether oxygens (including phenoxy) is 3. The summed E-state index contributed by atoms with van der Waals surface area (Å²) in [6.45, 7) is 13.9. The van der Waals surface area contributed by atoms with E-state index in [1.54, 1.807) is 11.8 Å². The smallest absolute Gasteiger partial charge is 0.410 e. The van der Waals surface area contributed by atoms with Gasteiger partial charge in [-0.1, -0.05) is 11.6 Å². The summed E-state index contributed by atoms with van der Waals surface area (Å²) in [7, 11) is 0. The number of hydrogen-bond acceptors (Lipinski definition) is 9. The molecule has 0 radical (unpaired) electrons. The molecule has 3 aliphatic rings. The van der Waals surface area contributed by atoms with Gasteiger partial charge in [-0.2, -0.15) is 5.10 Å². The topological polar surface area (TPSA) is 102 Å². The first-order valence-electron chi connectivity index (χ1n) is 16.0. The molecule has 1 unspecified atom stereocenters. The Hall–Kier alpha value is -3.57. The number of pyridine rings is 1. The summed E-state index contributed by atoms with van der Waals surface area (Å²) in [6, 6.07) is 3.94. The first-order chi connectivity index (χ1) is 21.5. The second kappa shape index (κ2) is 12.7. The zero-order chi connectivity index (χ0) is 31.9. The molecule has 0 aliphatic carbocycles. The van der Waals surface area contributed by atoms with Crippen molar-refractivity contribution >= 4 is 45.9 Å². The largest absolute Gasteiger partial charge is 0.461 e. The molecular weight excluding hydrogens is 596 g/mol. The van der Waals surface area contributed by atoms with Crippen LogP contribution in [0.1, 0.15) is 80.5 Å². The van der Waals surface area contributed by atoms with Gasteiger partial charge in [-0.05, 0) is 78.0 Å². The summed E-state index contributed by atoms with van der Waals surface area (Å²) in [5.74, 6) is -0.448. The van der Waals surface area contributed by atoms with Crippen LogP contribution in [0.15, 0.2) is 18.3 Å². The molecule has 1 amide bonds. The molecule has 2 fully saturated rings. The van der Waals surface area contributed by atoms with Crippen LogP contribution < -0.4 is 9.80 Å². The molecule has 1 atom stereocenters. The molecule has 3 aliphatic heterocycles. The summed E-state index contributed by atoms with van der Waals surface area (Å²) in [6.07, 6.45) is 5.34. The van der Waals surface area contributed by atoms with Crippen LogP contribution in [0.2, 0.25) is 5.02 Å². The number of aryl methyl sites for hydroxylation is 1. The van der Waals surface area contributed by atoms with E-state index in [0.717, 1.165) is 77.9 Å². The highest BCUT2D eigenvalue weighted by Crippen LogP contribution is 2.41. The van der Waals surface area contributed by atoms with Gasteiger partial charge in [0.15, 0.2) is 11.9 Å². The van der Waals surface area contributed by atoms with Crippen molar-refractivity contribution in [1.29, 1.82) is 0 Å². The predicted octanol–water partition coefficient (Wildman–Crippen LogP) is 5.89. The van der Waals surface area contributed by atoms with Gasteiger partial charge in [0, 0.05) is 56.0 Å². The van der Waals surface area contributed by atoms with Gasteiger partial charge in [-0.15, -0.1) is 0 Å². The first kappa shape index (κ1) is 31.4. The molecular formula is C33H43ClN6O5. The zero-order valence-electron chi connectivity index (χ0n) is 26.9. The van der Waals surface area contributed by atoms with Gasteiger partial charge in [0.2, 0.25) is 0 Å². The summed E-state index contributed by atoms with van der Waals surface area (Å²) in [5, 5.41) is 6.42. The Labute approximate surface area is 269 Å². The minimum Gasteiger partial charge on any atom is -0.461 e. The Kier molecular flexibility index (Phi) is 8.85. The fourth-order valence-electron chi connectivity index (χ4n) is 6.49. The van der Waals surface area contributed by atoms with Crippen LogP contribution >= 0.6 is 11.6 Å². The van der Waals surface area contributed by atoms with Gasteiger partial charge in [0.25, 0.3) is 0 Å². The van der Waals surface area contributed by atoms with Crippen molar-refractivity contribution in [2.75, 3.05) is 55.7 Å². The molecule has 242 valence electrons. The molecule has 2 saturated heterocycles. The second-order valence-corrected chi connectivity index (χ2v) is 13.4. The van der Waals surface area contributed by atoms with Crippen molar-refractivity contribution in [1.82, 2.24) is 19.7 Å². The standard InChI is InChI=1S/C33H43ClN6O5/c1-6-43-31(41)24-18-26(37-12-14-38(15-13-37)32(42)45-33(3,4)5)22-10-11-39(20-25(22)36-24)30-23-19-35-40(28-9-7-8-16-44-28)27(23)17-21(2)29(30)34/h17-19,28H,6-16,20H2,1-5H3. The van der Waals surface area contributed by atoms with Crippen LogP contribution in [0.3, 0.4) is 0 Å². The SMILES string of the molecule is CCOC(=O)c1cc(N2CCN(C(=O)OC(C)(C)C)CC2)c2c(n1)CN(c1c(Cl)c(C)cc3c1cnn3C1CCCCO1)CC2. The van der Waals surface area contributed by atoms with Crippen molar-refractivity contribution < 1.29 is 23.8 Å². The minimum atomic E-state index is -0.549. The maximum absolute atomic E-state index is 13.0. The molecule has 12 heteroatoms. The van der Waals surface area contributed by atoms with Gasteiger partial charge in [-0.3, -0.25) is 0 Å². The van der Waals surface area contributed by atoms with E-state index in [4.69, 9.17) is 35.9 Å². The molecule has 3 aromatic rings. The number of rotatable bonds is 5. The number of piperazine rings is 1. The average Bonchev–Trinajstić information content (AvgIpc) is 3.43. The number of esters is 1. The lowest BCUT2D eigenvalue weighted by Gasteiger charge is -2.39. The van der Waals surface area contributed by atoms with Gasteiger partial charge in [-0.25, -0.2) is 19.3 Å². The van der Waals surface area contributed by atoms with Crippen LogP contribution in [0.5, 0.6) is 0 Å². The van der Waals surface area contributed by atoms with E-state index in [2.05, 4.69) is 15.9 Å². The highest BCUT2D eigenvalue weighted by atomic mass is 35.5. The predicted molar refractivity (Wildman–Crippen MR) is 173 cm³/mol. The second-order valence-electron chi connectivity index (χ2n) is 13.0. The van der Waals surface area contributed by atoms with Gasteiger partial charge < -0.3 is 28.9 Å². The Morgan fingerprint density at radius 2 is 1.87 bits per heavy atom. The molecule has 11 nitrogen and oxygen atoms in total. The lowest BCUT2D eigenvalue weighted by molar-refractivity contribution is -0.0366. The lowest BCUT2D eigenvalue weighted by atomic mass is 9.99. The number of carbonyl (C=O) groups excluding carboxylic acids is 2. The molecule has 0 saturated carbocycles. The van der Waals surface area contributed by atoms with Gasteiger partial charge in [0.05, 0.1) is 41.3 Å². The number of fused-ring (bicyclic) bond motifs is 2. The van der Waals surface area contributed by atoms with Crippen molar-refractivity contribution in [3.05, 3.63) is 45.9 Å². The number of carbonyl (C=O) groups is 2. The molecule has 0 N–H and O–H groups in total. The van der Waals surface area contributed by atoms with Crippen molar-refractivity contribution in [2.24, 2.45) is 0 Å². The normalized spacial score (nSPS) is 19.1. The molecule has 0 spiro atoms. The van der Waals surface area contributed by atoms with Crippen LogP contribution in [-0.2, 0) is 27.2 Å². The summed E-state index contributed by atoms with van der Waals surface area (Å²) in [4.78, 5) is 36.8. The van der Waals surface area contributed by atoms with Crippen molar-refractivity contribution in [3.8, 4) is 0 Å². The maximum atomic E-state index is 13.0. The molecule has 2 aromatic heterocycles. The van der Waals surface area contributed by atoms with E-state index in [9.17, 15) is 9.59 Å². The van der Waals surface area contributed by atoms with Crippen molar-refractivity contribution in [3.63, 3.8) is 0 Å². The molecule has 6 rings (SSSR count). The fraction of sp³-hybridized carbons (Fsp3) is 0.576. The zero-order valence-corrected chi connectivity index (χ0v) is 27.7. The lowest BCUT2D eigenvalue weighted by Crippen LogP contribution is -2.50. The van der Waals surface area contributed by atoms with Crippen LogP contribution in [0.4, 0.5) is 16.2 Å². The van der Waals surface area contributed by atoms with Crippen LogP contribution in [0.25, 0.3) is 10.9 Å². The summed E-state index contributed by atoms with van der Waals surface area (Å²) < 4.78 is 19.0. The van der Waals surface area contributed by atoms with Crippen LogP contribution in [-0.4, -0.2) is 83.3 Å². The third kappa shape index (κ3) is 6.42. The molecule has 1 aromatic carbocycles. The van der Waals surface area contributed by atoms with Gasteiger partial charge in [0.1, 0.15) is 5.60 Å². The fourth-order valence-corrected chi connectivity index (χ4v) is 6.76. The number of nitrogens with zero attached hydrogens (tertiary/aromatic N) is 6. The first-order valence-corrected chi connectivity index (χ1v) is 16.4. The number of aromatic nitrogens is 3. The highest BCUT2D eigenvalue weighted by Gasteiger charge is 2.32. The minimum absolute atomic E-state index is 0.0843. The van der Waals surface area contributed by atoms with Gasteiger partial charge >= 0.3 is 12.1 Å². The van der Waals surface area contributed by atoms with E-state index in [0.29, 0.717) is 37.7 Å². The number of anilines is 2.